The Hall–Kier alpha value is -1.88. The molecule has 0 spiro atoms. The van der Waals surface area contributed by atoms with Crippen LogP contribution >= 0.6 is 0 Å². The minimum atomic E-state index is -0.421. The lowest BCUT2D eigenvalue weighted by atomic mass is 9.80. The maximum atomic E-state index is 13.0. The molecule has 1 aromatic rings. The number of carbonyl (C=O) groups excluding carboxylic acids is 2. The van der Waals surface area contributed by atoms with Crippen LogP contribution in [0.15, 0.2) is 30.3 Å². The quantitative estimate of drug-likeness (QED) is 0.746. The fraction of sp³-hybridized carbons (Fsp3) is 0.652. The van der Waals surface area contributed by atoms with Gasteiger partial charge in [-0.05, 0) is 36.8 Å². The third-order valence-corrected chi connectivity index (χ3v) is 5.69. The molecule has 0 aromatic heterocycles. The number of nitrogens with one attached hydrogen (secondary N) is 1. The van der Waals surface area contributed by atoms with Gasteiger partial charge in [0.15, 0.2) is 0 Å². The summed E-state index contributed by atoms with van der Waals surface area (Å²) in [6.07, 6.45) is 1.85. The van der Waals surface area contributed by atoms with Gasteiger partial charge in [0.05, 0.1) is 0 Å². The fourth-order valence-electron chi connectivity index (χ4n) is 3.67. The highest BCUT2D eigenvalue weighted by molar-refractivity contribution is 5.87. The lowest BCUT2D eigenvalue weighted by molar-refractivity contribution is -0.138. The summed E-state index contributed by atoms with van der Waals surface area (Å²) < 4.78 is 0. The third-order valence-electron chi connectivity index (χ3n) is 5.69. The van der Waals surface area contributed by atoms with Crippen LogP contribution in [0.25, 0.3) is 0 Å². The van der Waals surface area contributed by atoms with Gasteiger partial charge in [-0.25, -0.2) is 0 Å². The first-order chi connectivity index (χ1) is 13.2. The first-order valence-corrected chi connectivity index (χ1v) is 10.5. The van der Waals surface area contributed by atoms with E-state index >= 15 is 0 Å². The Morgan fingerprint density at radius 2 is 1.68 bits per heavy atom. The lowest BCUT2D eigenvalue weighted by Crippen LogP contribution is -2.54. The second-order valence-electron chi connectivity index (χ2n) is 9.13. The number of amides is 2. The molecule has 1 N–H and O–H groups in total. The molecule has 1 atom stereocenters. The monoisotopic (exact) mass is 387 g/mol. The molecule has 0 bridgehead atoms. The van der Waals surface area contributed by atoms with E-state index in [-0.39, 0.29) is 17.2 Å². The number of hydrogen-bond acceptors (Lipinski definition) is 3. The summed E-state index contributed by atoms with van der Waals surface area (Å²) >= 11 is 0. The molecule has 1 fully saturated rings. The van der Waals surface area contributed by atoms with Gasteiger partial charge in [0, 0.05) is 32.6 Å². The Labute approximate surface area is 170 Å². The van der Waals surface area contributed by atoms with Gasteiger partial charge in [-0.2, -0.15) is 0 Å². The average Bonchev–Trinajstić information content (AvgIpc) is 2.66. The highest BCUT2D eigenvalue weighted by atomic mass is 16.2. The lowest BCUT2D eigenvalue weighted by Gasteiger charge is -2.35. The molecule has 5 nitrogen and oxygen atoms in total. The van der Waals surface area contributed by atoms with Gasteiger partial charge in [0.2, 0.25) is 11.8 Å². The zero-order valence-electron chi connectivity index (χ0n) is 18.2. The van der Waals surface area contributed by atoms with E-state index in [2.05, 4.69) is 57.1 Å². The zero-order valence-corrected chi connectivity index (χ0v) is 18.2. The first-order valence-electron chi connectivity index (χ1n) is 10.5. The summed E-state index contributed by atoms with van der Waals surface area (Å²) in [6, 6.07) is 9.87. The van der Waals surface area contributed by atoms with Crippen molar-refractivity contribution in [2.24, 2.45) is 5.92 Å². The van der Waals surface area contributed by atoms with Gasteiger partial charge in [0.25, 0.3) is 0 Å². The van der Waals surface area contributed by atoms with Crippen LogP contribution in [0.1, 0.15) is 52.5 Å². The Balaban J connectivity index is 1.94. The van der Waals surface area contributed by atoms with Crippen LogP contribution < -0.4 is 5.32 Å². The average molecular weight is 388 g/mol. The number of likely N-dealkylation sites (N-methyl/N-ethyl adjacent to an activating group) is 1. The molecule has 0 unspecified atom stereocenters. The molecular weight excluding hydrogens is 350 g/mol. The fourth-order valence-corrected chi connectivity index (χ4v) is 3.67. The van der Waals surface area contributed by atoms with Crippen molar-refractivity contribution >= 4 is 11.8 Å². The highest BCUT2D eigenvalue weighted by Gasteiger charge is 2.29. The van der Waals surface area contributed by atoms with E-state index < -0.39 is 6.04 Å². The van der Waals surface area contributed by atoms with Crippen molar-refractivity contribution in [3.05, 3.63) is 35.9 Å². The number of piperazine rings is 1. The third kappa shape index (κ3) is 6.62. The molecular formula is C23H37N3O2. The minimum absolute atomic E-state index is 0.0304. The van der Waals surface area contributed by atoms with E-state index in [9.17, 15) is 9.59 Å². The summed E-state index contributed by atoms with van der Waals surface area (Å²) in [5, 5.41) is 3.04. The van der Waals surface area contributed by atoms with Gasteiger partial charge in [-0.3, -0.25) is 9.59 Å². The van der Waals surface area contributed by atoms with Crippen molar-refractivity contribution < 1.29 is 9.59 Å². The van der Waals surface area contributed by atoms with E-state index in [4.69, 9.17) is 0 Å². The summed E-state index contributed by atoms with van der Waals surface area (Å²) in [5.41, 5.74) is 1.16. The van der Waals surface area contributed by atoms with Crippen LogP contribution in [0.3, 0.4) is 0 Å². The van der Waals surface area contributed by atoms with Crippen LogP contribution in [0, 0.1) is 5.92 Å². The van der Waals surface area contributed by atoms with E-state index in [1.165, 1.54) is 5.56 Å². The molecule has 2 rings (SSSR count). The number of rotatable bonds is 8. The van der Waals surface area contributed by atoms with Gasteiger partial charge < -0.3 is 15.1 Å². The Kier molecular flexibility index (Phi) is 8.05. The number of carbonyl (C=O) groups is 2. The number of benzene rings is 1. The summed E-state index contributed by atoms with van der Waals surface area (Å²) in [6.45, 7) is 11.8. The zero-order chi connectivity index (χ0) is 20.7. The van der Waals surface area contributed by atoms with E-state index in [0.29, 0.717) is 18.8 Å². The normalized spacial score (nSPS) is 16.9. The van der Waals surface area contributed by atoms with Crippen molar-refractivity contribution in [2.45, 2.75) is 58.4 Å². The molecule has 0 saturated carbocycles. The Morgan fingerprint density at radius 3 is 2.25 bits per heavy atom. The van der Waals surface area contributed by atoms with Gasteiger partial charge in [-0.15, -0.1) is 0 Å². The second-order valence-corrected chi connectivity index (χ2v) is 9.13. The molecule has 0 radical (unpaired) electrons. The molecule has 1 aromatic carbocycles. The summed E-state index contributed by atoms with van der Waals surface area (Å²) in [5.74, 6) is 0.386. The van der Waals surface area contributed by atoms with Crippen molar-refractivity contribution in [3.8, 4) is 0 Å². The standard InChI is InChI=1S/C23H37N3O2/c1-18(2)17-20(22(28)26-15-13-25(5)14-16-26)24-21(27)11-12-23(3,4)19-9-7-6-8-10-19/h6-10,18,20H,11-17H2,1-5H3,(H,24,27)/t20-/m0/s1. The van der Waals surface area contributed by atoms with Crippen molar-refractivity contribution in [3.63, 3.8) is 0 Å². The number of nitrogens with zero attached hydrogens (tertiary/aromatic N) is 2. The Morgan fingerprint density at radius 1 is 1.07 bits per heavy atom. The van der Waals surface area contributed by atoms with Crippen LogP contribution in [-0.4, -0.2) is 60.9 Å². The van der Waals surface area contributed by atoms with E-state index in [1.54, 1.807) is 0 Å². The van der Waals surface area contributed by atoms with Gasteiger partial charge in [-0.1, -0.05) is 58.0 Å². The molecule has 1 aliphatic rings. The van der Waals surface area contributed by atoms with Crippen molar-refractivity contribution in [1.29, 1.82) is 0 Å². The van der Waals surface area contributed by atoms with E-state index in [1.807, 2.05) is 23.1 Å². The number of hydrogen-bond donors (Lipinski definition) is 1. The van der Waals surface area contributed by atoms with Crippen LogP contribution in [-0.2, 0) is 15.0 Å². The molecule has 5 heteroatoms. The second kappa shape index (κ2) is 10.1. The maximum absolute atomic E-state index is 13.0. The highest BCUT2D eigenvalue weighted by Crippen LogP contribution is 2.28. The van der Waals surface area contributed by atoms with E-state index in [0.717, 1.165) is 32.6 Å². The molecule has 1 saturated heterocycles. The van der Waals surface area contributed by atoms with Gasteiger partial charge in [0.1, 0.15) is 6.04 Å². The molecule has 1 heterocycles. The first kappa shape index (κ1) is 22.4. The predicted molar refractivity (Wildman–Crippen MR) is 114 cm³/mol. The largest absolute Gasteiger partial charge is 0.344 e. The van der Waals surface area contributed by atoms with Gasteiger partial charge >= 0.3 is 0 Å². The SMILES string of the molecule is CC(C)C[C@H](NC(=O)CCC(C)(C)c1ccccc1)C(=O)N1CCN(C)CC1. The summed E-state index contributed by atoms with van der Waals surface area (Å²) in [7, 11) is 2.07. The van der Waals surface area contributed by atoms with Crippen molar-refractivity contribution in [2.75, 3.05) is 33.2 Å². The topological polar surface area (TPSA) is 52.7 Å². The smallest absolute Gasteiger partial charge is 0.245 e. The maximum Gasteiger partial charge on any atom is 0.245 e. The Bertz CT molecular complexity index is 635. The summed E-state index contributed by atoms with van der Waals surface area (Å²) in [4.78, 5) is 29.8. The van der Waals surface area contributed by atoms with Crippen LogP contribution in [0.5, 0.6) is 0 Å². The molecule has 1 aliphatic heterocycles. The van der Waals surface area contributed by atoms with Crippen LogP contribution in [0.4, 0.5) is 0 Å². The van der Waals surface area contributed by atoms with Crippen LogP contribution in [0.2, 0.25) is 0 Å². The minimum Gasteiger partial charge on any atom is -0.344 e. The molecule has 156 valence electrons. The molecule has 2 amide bonds. The molecule has 0 aliphatic carbocycles. The predicted octanol–water partition coefficient (Wildman–Crippen LogP) is 3.05. The molecule has 28 heavy (non-hydrogen) atoms. The van der Waals surface area contributed by atoms with Crippen molar-refractivity contribution in [1.82, 2.24) is 15.1 Å².